The smallest absolute Gasteiger partial charge is 0.0175 e. The highest BCUT2D eigenvalue weighted by atomic mass is 32.5. The zero-order valence-electron chi connectivity index (χ0n) is 27.3. The minimum Gasteiger partial charge on any atom is -0.0922 e. The van der Waals surface area contributed by atoms with Crippen LogP contribution in [-0.4, -0.2) is 24.1 Å². The van der Waals surface area contributed by atoms with Crippen LogP contribution in [0.2, 0.25) is 0 Å². The molecule has 6 aromatic rings. The Kier molecular flexibility index (Phi) is 12.4. The summed E-state index contributed by atoms with van der Waals surface area (Å²) in [5.74, 6) is 1.67. The quantitative estimate of drug-likeness (QED) is 0.101. The SMILES string of the molecule is S=P(CCCP(=S)(CP(=S)(c1ccccc1)c1ccccc1)c1ccccc1)(CP(=S)(c1ccccc1)c1ccccc1)c1ccccc1. The van der Waals surface area contributed by atoms with Crippen molar-refractivity contribution in [2.45, 2.75) is 6.42 Å². The second kappa shape index (κ2) is 16.5. The highest BCUT2D eigenvalue weighted by Gasteiger charge is 2.34. The van der Waals surface area contributed by atoms with Crippen molar-refractivity contribution in [3.05, 3.63) is 182 Å². The molecule has 248 valence electrons. The fourth-order valence-electron chi connectivity index (χ4n) is 6.49. The Morgan fingerprint density at radius 3 is 0.714 bits per heavy atom. The van der Waals surface area contributed by atoms with Gasteiger partial charge in [0.15, 0.2) is 0 Å². The van der Waals surface area contributed by atoms with Gasteiger partial charge in [0, 0.05) is 23.9 Å². The Morgan fingerprint density at radius 1 is 0.286 bits per heavy atom. The molecule has 0 aliphatic rings. The molecule has 0 heterocycles. The van der Waals surface area contributed by atoms with Crippen LogP contribution < -0.4 is 31.8 Å². The molecule has 49 heavy (non-hydrogen) atoms. The topological polar surface area (TPSA) is 0 Å². The van der Waals surface area contributed by atoms with E-state index in [-0.39, 0.29) is 0 Å². The summed E-state index contributed by atoms with van der Waals surface area (Å²) in [4.78, 5) is 0. The van der Waals surface area contributed by atoms with Gasteiger partial charge in [-0.25, -0.2) is 0 Å². The molecule has 0 aromatic heterocycles. The van der Waals surface area contributed by atoms with Gasteiger partial charge in [0.1, 0.15) is 0 Å². The Labute approximate surface area is 313 Å². The molecule has 0 fully saturated rings. The molecule has 0 N–H and O–H groups in total. The second-order valence-electron chi connectivity index (χ2n) is 12.4. The van der Waals surface area contributed by atoms with Crippen LogP contribution in [0, 0.1) is 0 Å². The minimum atomic E-state index is -2.21. The molecule has 2 unspecified atom stereocenters. The van der Waals surface area contributed by atoms with E-state index < -0.39 is 24.2 Å². The molecule has 8 heteroatoms. The summed E-state index contributed by atoms with van der Waals surface area (Å²) >= 11 is 27.5. The number of benzene rings is 6. The summed E-state index contributed by atoms with van der Waals surface area (Å²) in [6, 6.07) is 55.9. The van der Waals surface area contributed by atoms with Crippen molar-refractivity contribution >= 4 is 103 Å². The van der Waals surface area contributed by atoms with Gasteiger partial charge in [0.2, 0.25) is 0 Å². The first kappa shape index (κ1) is 36.7. The van der Waals surface area contributed by atoms with Crippen LogP contribution in [0.3, 0.4) is 0 Å². The van der Waals surface area contributed by atoms with Crippen LogP contribution in [0.25, 0.3) is 0 Å². The molecular weight excluding hydrogens is 745 g/mol. The Morgan fingerprint density at radius 2 is 0.490 bits per heavy atom. The Hall–Kier alpha value is -2.08. The Bertz CT molecular complexity index is 1900. The molecule has 0 nitrogen and oxygen atoms in total. The number of rotatable bonds is 14. The van der Waals surface area contributed by atoms with Crippen molar-refractivity contribution in [2.75, 3.05) is 24.1 Å². The van der Waals surface area contributed by atoms with Crippen molar-refractivity contribution in [3.63, 3.8) is 0 Å². The van der Waals surface area contributed by atoms with E-state index in [2.05, 4.69) is 182 Å². The first-order chi connectivity index (χ1) is 23.8. The van der Waals surface area contributed by atoms with Crippen LogP contribution in [-0.2, 0) is 47.2 Å². The molecule has 6 rings (SSSR count). The van der Waals surface area contributed by atoms with Crippen LogP contribution in [0.5, 0.6) is 0 Å². The largest absolute Gasteiger partial charge is 0.0922 e. The van der Waals surface area contributed by atoms with E-state index in [1.54, 1.807) is 0 Å². The standard InChI is InChI=1S/C41H40P4S4/c46-42(36-20-7-1-8-21-36,34-44(48,38-24-11-3-12-25-38)39-26-13-4-14-27-39)32-19-33-43(47,37-22-9-2-10-23-37)35-45(49,40-28-15-5-16-29-40)41-30-17-6-18-31-41/h1-18,20-31H,19,32-35H2. The first-order valence-electron chi connectivity index (χ1n) is 16.4. The van der Waals surface area contributed by atoms with Gasteiger partial charge in [-0.05, 0) is 62.6 Å². The summed E-state index contributed by atoms with van der Waals surface area (Å²) in [5, 5.41) is 7.50. The van der Waals surface area contributed by atoms with Crippen molar-refractivity contribution < 1.29 is 0 Å². The molecule has 0 bridgehead atoms. The summed E-state index contributed by atoms with van der Waals surface area (Å²) in [7, 11) is 0. The average molecular weight is 785 g/mol. The molecule has 2 atom stereocenters. The van der Waals surface area contributed by atoms with Gasteiger partial charge in [-0.3, -0.25) is 0 Å². The van der Waals surface area contributed by atoms with Gasteiger partial charge in [-0.2, -0.15) is 0 Å². The van der Waals surface area contributed by atoms with Crippen molar-refractivity contribution in [2.24, 2.45) is 0 Å². The molecule has 0 saturated carbocycles. The van der Waals surface area contributed by atoms with Gasteiger partial charge in [-0.15, -0.1) is 0 Å². The van der Waals surface area contributed by atoms with E-state index in [1.165, 1.54) is 31.8 Å². The highest BCUT2D eigenvalue weighted by molar-refractivity contribution is 8.31. The maximum atomic E-state index is 6.92. The van der Waals surface area contributed by atoms with Gasteiger partial charge >= 0.3 is 0 Å². The first-order valence-corrected chi connectivity index (χ1v) is 28.8. The lowest BCUT2D eigenvalue weighted by Crippen LogP contribution is -2.23. The summed E-state index contributed by atoms with van der Waals surface area (Å²) in [5.41, 5.74) is 0. The van der Waals surface area contributed by atoms with E-state index in [9.17, 15) is 0 Å². The minimum absolute atomic E-state index is 0.836. The maximum absolute atomic E-state index is 6.92. The predicted octanol–water partition coefficient (Wildman–Crippen LogP) is 9.16. The second-order valence-corrected chi connectivity index (χ2v) is 33.1. The van der Waals surface area contributed by atoms with Crippen LogP contribution in [0.15, 0.2) is 182 Å². The van der Waals surface area contributed by atoms with E-state index in [1.807, 2.05) is 0 Å². The number of hydrogen-bond donors (Lipinski definition) is 0. The molecule has 0 aliphatic heterocycles. The van der Waals surface area contributed by atoms with Crippen molar-refractivity contribution in [1.82, 2.24) is 0 Å². The average Bonchev–Trinajstić information content (AvgIpc) is 3.17. The third-order valence-electron chi connectivity index (χ3n) is 9.04. The van der Waals surface area contributed by atoms with E-state index >= 15 is 0 Å². The van der Waals surface area contributed by atoms with Gasteiger partial charge in [0.25, 0.3) is 0 Å². The lowest BCUT2D eigenvalue weighted by Gasteiger charge is -2.34. The van der Waals surface area contributed by atoms with Crippen LogP contribution >= 0.6 is 24.2 Å². The van der Waals surface area contributed by atoms with Gasteiger partial charge < -0.3 is 0 Å². The molecule has 0 saturated heterocycles. The zero-order valence-corrected chi connectivity index (χ0v) is 34.1. The molecule has 0 radical (unpaired) electrons. The van der Waals surface area contributed by atoms with E-state index in [4.69, 9.17) is 47.2 Å². The highest BCUT2D eigenvalue weighted by Crippen LogP contribution is 2.63. The lowest BCUT2D eigenvalue weighted by molar-refractivity contribution is 1.11. The third kappa shape index (κ3) is 8.53. The normalized spacial score (nSPS) is 14.4. The number of hydrogen-bond acceptors (Lipinski definition) is 4. The summed E-state index contributed by atoms with van der Waals surface area (Å²) in [6.07, 6.45) is 2.81. The fourth-order valence-corrected chi connectivity index (χ4v) is 34.4. The van der Waals surface area contributed by atoms with Crippen LogP contribution in [0.4, 0.5) is 0 Å². The van der Waals surface area contributed by atoms with E-state index in [0.717, 1.165) is 30.6 Å². The third-order valence-corrected chi connectivity index (χ3v) is 34.0. The molecule has 0 amide bonds. The fraction of sp³-hybridized carbons (Fsp3) is 0.122. The van der Waals surface area contributed by atoms with Crippen molar-refractivity contribution in [3.8, 4) is 0 Å². The predicted molar refractivity (Wildman–Crippen MR) is 238 cm³/mol. The van der Waals surface area contributed by atoms with Gasteiger partial charge in [-0.1, -0.05) is 229 Å². The summed E-state index contributed by atoms with van der Waals surface area (Å²) < 4.78 is 0. The van der Waals surface area contributed by atoms with Crippen LogP contribution in [0.1, 0.15) is 6.42 Å². The zero-order chi connectivity index (χ0) is 34.2. The molecule has 0 aliphatic carbocycles. The van der Waals surface area contributed by atoms with E-state index in [0.29, 0.717) is 0 Å². The molecule has 6 aromatic carbocycles. The van der Waals surface area contributed by atoms with Crippen molar-refractivity contribution in [1.29, 1.82) is 0 Å². The molecule has 0 spiro atoms. The monoisotopic (exact) mass is 784 g/mol. The maximum Gasteiger partial charge on any atom is 0.0175 e. The lowest BCUT2D eigenvalue weighted by atomic mass is 10.4. The molecular formula is C41H40P4S4. The summed E-state index contributed by atoms with van der Waals surface area (Å²) in [6.45, 7) is 0. The Balaban J connectivity index is 1.38. The van der Waals surface area contributed by atoms with Gasteiger partial charge in [0.05, 0.1) is 0 Å².